The number of aromatic amines is 1. The summed E-state index contributed by atoms with van der Waals surface area (Å²) in [7, 11) is 0. The number of hydrogen-bond acceptors (Lipinski definition) is 7. The van der Waals surface area contributed by atoms with Crippen molar-refractivity contribution in [2.45, 2.75) is 56.8 Å². The summed E-state index contributed by atoms with van der Waals surface area (Å²) in [4.78, 5) is 37.2. The van der Waals surface area contributed by atoms with Crippen molar-refractivity contribution < 1.29 is 9.21 Å². The van der Waals surface area contributed by atoms with E-state index in [0.717, 1.165) is 11.8 Å². The molecule has 2 aromatic rings. The third-order valence-electron chi connectivity index (χ3n) is 6.06. The number of carbonyl (C=O) groups excluding carboxylic acids is 1. The molecule has 0 spiro atoms. The highest BCUT2D eigenvalue weighted by Gasteiger charge is 2.42. The molecular formula is C19H25N5O4S. The molecule has 29 heavy (non-hydrogen) atoms. The van der Waals surface area contributed by atoms with Gasteiger partial charge in [0.15, 0.2) is 0 Å². The van der Waals surface area contributed by atoms with Crippen LogP contribution in [-0.4, -0.2) is 37.5 Å². The van der Waals surface area contributed by atoms with E-state index in [1.165, 1.54) is 54.3 Å². The fourth-order valence-corrected chi connectivity index (χ4v) is 5.26. The fourth-order valence-electron chi connectivity index (χ4n) is 4.67. The molecule has 156 valence electrons. The highest BCUT2D eigenvalue weighted by Crippen LogP contribution is 2.49. The lowest BCUT2D eigenvalue weighted by Gasteiger charge is -2.28. The molecular weight excluding hydrogens is 394 g/mol. The average molecular weight is 420 g/mol. The molecule has 2 saturated carbocycles. The number of rotatable bonds is 8. The molecule has 2 aliphatic carbocycles. The number of hydrogen-bond donors (Lipinski definition) is 2. The van der Waals surface area contributed by atoms with E-state index < -0.39 is 11.2 Å². The van der Waals surface area contributed by atoms with Crippen molar-refractivity contribution in [1.29, 1.82) is 0 Å². The van der Waals surface area contributed by atoms with Gasteiger partial charge in [-0.25, -0.2) is 4.79 Å². The first kappa shape index (κ1) is 19.9. The first-order valence-electron chi connectivity index (χ1n) is 10.0. The molecule has 0 aliphatic heterocycles. The molecule has 0 radical (unpaired) electrons. The molecule has 9 nitrogen and oxygen atoms in total. The second-order valence-corrected chi connectivity index (χ2v) is 8.93. The number of amides is 1. The third-order valence-corrected chi connectivity index (χ3v) is 6.88. The van der Waals surface area contributed by atoms with Crippen molar-refractivity contribution in [3.05, 3.63) is 39.0 Å². The highest BCUT2D eigenvalue weighted by molar-refractivity contribution is 7.99. The molecule has 1 amide bonds. The van der Waals surface area contributed by atoms with Gasteiger partial charge in [-0.2, -0.15) is 0 Å². The summed E-state index contributed by atoms with van der Waals surface area (Å²) in [6.07, 6.45) is 7.01. The molecule has 0 saturated heterocycles. The Labute approximate surface area is 171 Å². The van der Waals surface area contributed by atoms with Gasteiger partial charge in [0.2, 0.25) is 11.8 Å². The Balaban J connectivity index is 1.22. The van der Waals surface area contributed by atoms with Crippen LogP contribution in [-0.2, 0) is 17.8 Å². The van der Waals surface area contributed by atoms with Crippen molar-refractivity contribution in [2.24, 2.45) is 17.8 Å². The van der Waals surface area contributed by atoms with Gasteiger partial charge in [0.05, 0.1) is 5.75 Å². The normalized spacial score (nSPS) is 24.0. The van der Waals surface area contributed by atoms with E-state index in [1.54, 1.807) is 0 Å². The van der Waals surface area contributed by atoms with Crippen molar-refractivity contribution >= 4 is 17.7 Å². The number of nitrogens with one attached hydrogen (secondary N) is 2. The SMILES string of the molecule is C[C@H](NC(=O)CSc1nnc(CCn2ccc(=O)[nH]c2=O)o1)[C@H]1C[C@@H]2CC[C@@H]1C2. The lowest BCUT2D eigenvalue weighted by atomic mass is 9.84. The summed E-state index contributed by atoms with van der Waals surface area (Å²) in [6.45, 7) is 2.42. The van der Waals surface area contributed by atoms with Gasteiger partial charge in [0, 0.05) is 31.3 Å². The number of nitrogens with zero attached hydrogens (tertiary/aromatic N) is 3. The van der Waals surface area contributed by atoms with Crippen LogP contribution >= 0.6 is 11.8 Å². The zero-order valence-corrected chi connectivity index (χ0v) is 17.1. The summed E-state index contributed by atoms with van der Waals surface area (Å²) in [5.74, 6) is 2.82. The number of fused-ring (bicyclic) bond motifs is 2. The molecule has 0 unspecified atom stereocenters. The second kappa shape index (κ2) is 8.56. The third kappa shape index (κ3) is 4.80. The number of carbonyl (C=O) groups is 1. The average Bonchev–Trinajstić information content (AvgIpc) is 3.42. The van der Waals surface area contributed by atoms with Crippen LogP contribution in [0.25, 0.3) is 0 Å². The van der Waals surface area contributed by atoms with Gasteiger partial charge in [-0.1, -0.05) is 18.2 Å². The van der Waals surface area contributed by atoms with Crippen LogP contribution in [0.4, 0.5) is 0 Å². The van der Waals surface area contributed by atoms with Crippen LogP contribution < -0.4 is 16.6 Å². The number of H-pyrrole nitrogens is 1. The zero-order chi connectivity index (χ0) is 20.4. The van der Waals surface area contributed by atoms with Crippen molar-refractivity contribution in [3.8, 4) is 0 Å². The van der Waals surface area contributed by atoms with Crippen LogP contribution in [0, 0.1) is 17.8 Å². The lowest BCUT2D eigenvalue weighted by molar-refractivity contribution is -0.119. The van der Waals surface area contributed by atoms with E-state index in [4.69, 9.17) is 4.42 Å². The van der Waals surface area contributed by atoms with Gasteiger partial charge in [-0.15, -0.1) is 10.2 Å². The molecule has 2 aliphatic rings. The predicted octanol–water partition coefficient (Wildman–Crippen LogP) is 1.20. The summed E-state index contributed by atoms with van der Waals surface area (Å²) in [6, 6.07) is 1.49. The summed E-state index contributed by atoms with van der Waals surface area (Å²) in [5.41, 5.74) is -0.913. The maximum absolute atomic E-state index is 12.3. The van der Waals surface area contributed by atoms with Gasteiger partial charge in [-0.3, -0.25) is 14.6 Å². The maximum atomic E-state index is 12.3. The second-order valence-electron chi connectivity index (χ2n) is 8.00. The smallest absolute Gasteiger partial charge is 0.328 e. The van der Waals surface area contributed by atoms with Gasteiger partial charge >= 0.3 is 5.69 Å². The number of thioether (sulfide) groups is 1. The Morgan fingerprint density at radius 2 is 2.24 bits per heavy atom. The van der Waals surface area contributed by atoms with Gasteiger partial charge in [-0.05, 0) is 43.9 Å². The molecule has 2 bridgehead atoms. The van der Waals surface area contributed by atoms with Crippen LogP contribution in [0.3, 0.4) is 0 Å². The lowest BCUT2D eigenvalue weighted by Crippen LogP contribution is -2.40. The fraction of sp³-hybridized carbons (Fsp3) is 0.632. The van der Waals surface area contributed by atoms with Crippen LogP contribution in [0.1, 0.15) is 38.5 Å². The Hall–Kier alpha value is -2.36. The van der Waals surface area contributed by atoms with Crippen LogP contribution in [0.5, 0.6) is 0 Å². The maximum Gasteiger partial charge on any atom is 0.328 e. The Morgan fingerprint density at radius 3 is 2.97 bits per heavy atom. The first-order chi connectivity index (χ1) is 14.0. The van der Waals surface area contributed by atoms with Crippen molar-refractivity contribution in [2.75, 3.05) is 5.75 Å². The Kier molecular flexibility index (Phi) is 5.89. The van der Waals surface area contributed by atoms with E-state index in [0.29, 0.717) is 30.0 Å². The Morgan fingerprint density at radius 1 is 1.38 bits per heavy atom. The predicted molar refractivity (Wildman–Crippen MR) is 107 cm³/mol. The summed E-state index contributed by atoms with van der Waals surface area (Å²) < 4.78 is 6.90. The number of aromatic nitrogens is 4. The van der Waals surface area contributed by atoms with E-state index in [2.05, 4.69) is 27.4 Å². The Bertz CT molecular complexity index is 983. The molecule has 4 atom stereocenters. The summed E-state index contributed by atoms with van der Waals surface area (Å²) >= 11 is 1.21. The number of aryl methyl sites for hydroxylation is 2. The molecule has 10 heteroatoms. The molecule has 0 aromatic carbocycles. The largest absolute Gasteiger partial charge is 0.416 e. The molecule has 4 rings (SSSR count). The minimum atomic E-state index is -0.479. The topological polar surface area (TPSA) is 123 Å². The van der Waals surface area contributed by atoms with E-state index in [-0.39, 0.29) is 17.7 Å². The molecule has 2 aromatic heterocycles. The standard InChI is InChI=1S/C19H25N5O4S/c1-11(14-9-12-2-3-13(14)8-12)20-16(26)10-29-19-23-22-17(28-19)5-7-24-6-4-15(25)21-18(24)27/h4,6,11-14H,2-3,5,7-10H2,1H3,(H,20,26)(H,21,25,27)/t11-,12+,13+,14+/m0/s1. The summed E-state index contributed by atoms with van der Waals surface area (Å²) in [5, 5.41) is 11.4. The highest BCUT2D eigenvalue weighted by atomic mass is 32.2. The minimum absolute atomic E-state index is 0.0233. The van der Waals surface area contributed by atoms with Crippen LogP contribution in [0.15, 0.2) is 31.5 Å². The van der Waals surface area contributed by atoms with Crippen LogP contribution in [0.2, 0.25) is 0 Å². The first-order valence-corrected chi connectivity index (χ1v) is 11.0. The van der Waals surface area contributed by atoms with E-state index >= 15 is 0 Å². The van der Waals surface area contributed by atoms with Gasteiger partial charge < -0.3 is 14.3 Å². The van der Waals surface area contributed by atoms with Gasteiger partial charge in [0.25, 0.3) is 10.8 Å². The van der Waals surface area contributed by atoms with Crippen molar-refractivity contribution in [3.63, 3.8) is 0 Å². The minimum Gasteiger partial charge on any atom is -0.416 e. The zero-order valence-electron chi connectivity index (χ0n) is 16.3. The van der Waals surface area contributed by atoms with Gasteiger partial charge in [0.1, 0.15) is 0 Å². The molecule has 2 heterocycles. The quantitative estimate of drug-likeness (QED) is 0.616. The van der Waals surface area contributed by atoms with E-state index in [1.807, 2.05) is 0 Å². The monoisotopic (exact) mass is 419 g/mol. The molecule has 2 N–H and O–H groups in total. The molecule has 2 fully saturated rings. The van der Waals surface area contributed by atoms with E-state index in [9.17, 15) is 14.4 Å². The van der Waals surface area contributed by atoms with Crippen molar-refractivity contribution in [1.82, 2.24) is 25.1 Å².